The number of carbonyl (C=O) groups is 1. The van der Waals surface area contributed by atoms with Crippen LogP contribution in [0.4, 0.5) is 35.3 Å². The number of nitrogens with zero attached hydrogens (tertiary/aromatic N) is 5. The Morgan fingerprint density at radius 2 is 1.84 bits per heavy atom. The number of benzene rings is 1. The summed E-state index contributed by atoms with van der Waals surface area (Å²) in [5, 5.41) is 12.2. The van der Waals surface area contributed by atoms with Gasteiger partial charge in [0.25, 0.3) is 0 Å². The Hall–Kier alpha value is -3.26. The van der Waals surface area contributed by atoms with Crippen LogP contribution < -0.4 is 20.9 Å². The third-order valence-corrected chi connectivity index (χ3v) is 5.61. The predicted octanol–water partition coefficient (Wildman–Crippen LogP) is 6.45. The maximum Gasteiger partial charge on any atom is 0.416 e. The van der Waals surface area contributed by atoms with Gasteiger partial charge in [-0.3, -0.25) is 4.90 Å². The van der Waals surface area contributed by atoms with E-state index in [1.807, 2.05) is 13.8 Å². The summed E-state index contributed by atoms with van der Waals surface area (Å²) in [5.74, 6) is 1.56. The molecule has 1 aliphatic heterocycles. The number of piperidine rings is 1. The molecule has 0 bridgehead atoms. The van der Waals surface area contributed by atoms with Gasteiger partial charge in [0.05, 0.1) is 11.8 Å². The van der Waals surface area contributed by atoms with Crippen LogP contribution in [0.1, 0.15) is 64.6 Å². The third-order valence-electron chi connectivity index (χ3n) is 5.39. The van der Waals surface area contributed by atoms with E-state index in [2.05, 4.69) is 26.3 Å². The highest BCUT2D eigenvalue weighted by atomic mass is 35.5. The van der Waals surface area contributed by atoms with Crippen LogP contribution in [0.3, 0.4) is 0 Å². The number of rotatable bonds is 4. The molecule has 204 valence electrons. The van der Waals surface area contributed by atoms with Crippen molar-refractivity contribution in [2.45, 2.75) is 65.6 Å². The fourth-order valence-corrected chi connectivity index (χ4v) is 3.55. The number of hydrogen-bond acceptors (Lipinski definition) is 6. The van der Waals surface area contributed by atoms with Gasteiger partial charge >= 0.3 is 12.2 Å². The molecular formula is C25H35ClF3N7O. The highest BCUT2D eigenvalue weighted by molar-refractivity contribution is 6.31. The maximum atomic E-state index is 12.4. The van der Waals surface area contributed by atoms with Crippen LogP contribution in [0.15, 0.2) is 24.4 Å². The SMILES string of the molecule is C.CC.CN(C(N)=O)c1cc(Cl)cc(C(F)(F)F)c1.N#Cc1ncc(N2CCCCC2)nc1NC1CC1. The largest absolute Gasteiger partial charge is 0.416 e. The van der Waals surface area contributed by atoms with E-state index in [4.69, 9.17) is 22.6 Å². The number of hydrogen-bond donors (Lipinski definition) is 2. The first-order chi connectivity index (χ1) is 17.1. The number of aromatic nitrogens is 2. The lowest BCUT2D eigenvalue weighted by Gasteiger charge is -2.27. The van der Waals surface area contributed by atoms with Gasteiger partial charge < -0.3 is 16.0 Å². The summed E-state index contributed by atoms with van der Waals surface area (Å²) in [4.78, 5) is 22.7. The smallest absolute Gasteiger partial charge is 0.365 e. The number of urea groups is 1. The second-order valence-corrected chi connectivity index (χ2v) is 8.53. The maximum absolute atomic E-state index is 12.4. The minimum absolute atomic E-state index is 0. The molecule has 37 heavy (non-hydrogen) atoms. The van der Waals surface area contributed by atoms with Gasteiger partial charge in [-0.2, -0.15) is 18.4 Å². The number of carbonyl (C=O) groups excluding carboxylic acids is 1. The zero-order chi connectivity index (χ0) is 26.9. The molecule has 1 aromatic carbocycles. The molecule has 0 atom stereocenters. The molecule has 1 saturated carbocycles. The first-order valence-electron chi connectivity index (χ1n) is 11.8. The van der Waals surface area contributed by atoms with E-state index in [1.165, 1.54) is 45.2 Å². The number of alkyl halides is 3. The van der Waals surface area contributed by atoms with E-state index in [0.717, 1.165) is 35.9 Å². The van der Waals surface area contributed by atoms with E-state index >= 15 is 0 Å². The average molecular weight is 542 g/mol. The Bertz CT molecular complexity index is 1070. The number of halogens is 4. The number of amides is 2. The first-order valence-corrected chi connectivity index (χ1v) is 12.2. The Kier molecular flexibility index (Phi) is 12.4. The molecule has 12 heteroatoms. The van der Waals surface area contributed by atoms with Crippen molar-refractivity contribution in [2.24, 2.45) is 5.73 Å². The number of nitrogens with two attached hydrogens (primary N) is 1. The Morgan fingerprint density at radius 3 is 2.35 bits per heavy atom. The molecule has 0 unspecified atom stereocenters. The average Bonchev–Trinajstić information content (AvgIpc) is 3.69. The molecule has 2 amide bonds. The number of nitrogens with one attached hydrogen (secondary N) is 1. The van der Waals surface area contributed by atoms with Crippen molar-refractivity contribution < 1.29 is 18.0 Å². The fourth-order valence-electron chi connectivity index (χ4n) is 3.32. The van der Waals surface area contributed by atoms with E-state index in [9.17, 15) is 18.0 Å². The molecular weight excluding hydrogens is 507 g/mol. The molecule has 0 spiro atoms. The van der Waals surface area contributed by atoms with Gasteiger partial charge in [0.1, 0.15) is 11.9 Å². The highest BCUT2D eigenvalue weighted by Gasteiger charge is 2.31. The number of nitriles is 1. The molecule has 1 aliphatic carbocycles. The molecule has 8 nitrogen and oxygen atoms in total. The van der Waals surface area contributed by atoms with Crippen molar-refractivity contribution in [3.63, 3.8) is 0 Å². The summed E-state index contributed by atoms with van der Waals surface area (Å²) in [6.07, 6.45) is 3.27. The lowest BCUT2D eigenvalue weighted by Crippen LogP contribution is -2.31. The summed E-state index contributed by atoms with van der Waals surface area (Å²) < 4.78 is 37.3. The monoisotopic (exact) mass is 541 g/mol. The second-order valence-electron chi connectivity index (χ2n) is 8.10. The van der Waals surface area contributed by atoms with Gasteiger partial charge in [-0.1, -0.05) is 32.9 Å². The van der Waals surface area contributed by atoms with Crippen LogP contribution in [-0.2, 0) is 6.18 Å². The second kappa shape index (κ2) is 14.5. The number of anilines is 3. The lowest BCUT2D eigenvalue weighted by atomic mass is 10.1. The molecule has 2 heterocycles. The lowest BCUT2D eigenvalue weighted by molar-refractivity contribution is -0.137. The van der Waals surface area contributed by atoms with E-state index in [0.29, 0.717) is 17.6 Å². The summed E-state index contributed by atoms with van der Waals surface area (Å²) >= 11 is 5.53. The molecule has 0 radical (unpaired) electrons. The van der Waals surface area contributed by atoms with Crippen LogP contribution in [0.25, 0.3) is 0 Å². The van der Waals surface area contributed by atoms with Crippen LogP contribution >= 0.6 is 11.6 Å². The topological polar surface area (TPSA) is 111 Å². The minimum atomic E-state index is -4.52. The van der Waals surface area contributed by atoms with Gasteiger partial charge in [0, 0.05) is 36.9 Å². The number of primary amides is 1. The van der Waals surface area contributed by atoms with Crippen LogP contribution in [-0.4, -0.2) is 42.2 Å². The minimum Gasteiger partial charge on any atom is -0.365 e. The van der Waals surface area contributed by atoms with Crippen LogP contribution in [0.5, 0.6) is 0 Å². The van der Waals surface area contributed by atoms with Crippen LogP contribution in [0, 0.1) is 11.3 Å². The Balaban J connectivity index is 0.000000341. The van der Waals surface area contributed by atoms with Crippen molar-refractivity contribution in [3.05, 3.63) is 40.7 Å². The molecule has 4 rings (SSSR count). The van der Waals surface area contributed by atoms with E-state index < -0.39 is 17.8 Å². The van der Waals surface area contributed by atoms with Gasteiger partial charge in [-0.25, -0.2) is 14.8 Å². The summed E-state index contributed by atoms with van der Waals surface area (Å²) in [5.41, 5.74) is 4.41. The van der Waals surface area contributed by atoms with E-state index in [1.54, 1.807) is 6.20 Å². The Labute approximate surface area is 221 Å². The molecule has 2 aromatic rings. The normalized spacial score (nSPS) is 14.5. The molecule has 1 aromatic heterocycles. The molecule has 3 N–H and O–H groups in total. The summed E-state index contributed by atoms with van der Waals surface area (Å²) in [7, 11) is 1.26. The first kappa shape index (κ1) is 31.8. The van der Waals surface area contributed by atoms with Gasteiger partial charge in [-0.05, 0) is 50.3 Å². The van der Waals surface area contributed by atoms with E-state index in [-0.39, 0.29) is 18.1 Å². The fraction of sp³-hybridized carbons (Fsp3) is 0.520. The van der Waals surface area contributed by atoms with Crippen LogP contribution in [0.2, 0.25) is 5.02 Å². The van der Waals surface area contributed by atoms with Crippen molar-refractivity contribution in [1.29, 1.82) is 5.26 Å². The van der Waals surface area contributed by atoms with Crippen molar-refractivity contribution in [3.8, 4) is 6.07 Å². The summed E-state index contributed by atoms with van der Waals surface area (Å²) in [6.45, 7) is 6.09. The third kappa shape index (κ3) is 9.61. The molecule has 1 saturated heterocycles. The molecule has 2 fully saturated rings. The van der Waals surface area contributed by atoms with Gasteiger partial charge in [-0.15, -0.1) is 0 Å². The zero-order valence-corrected chi connectivity index (χ0v) is 21.3. The van der Waals surface area contributed by atoms with Gasteiger partial charge in [0.2, 0.25) is 0 Å². The zero-order valence-electron chi connectivity index (χ0n) is 20.6. The quantitative estimate of drug-likeness (QED) is 0.460. The highest BCUT2D eigenvalue weighted by Crippen LogP contribution is 2.34. The van der Waals surface area contributed by atoms with Crippen molar-refractivity contribution in [1.82, 2.24) is 9.97 Å². The molecule has 2 aliphatic rings. The van der Waals surface area contributed by atoms with Crippen molar-refractivity contribution in [2.75, 3.05) is 35.3 Å². The summed E-state index contributed by atoms with van der Waals surface area (Å²) in [6, 6.07) is 4.53. The van der Waals surface area contributed by atoms with Crippen molar-refractivity contribution >= 4 is 35.0 Å². The standard InChI is InChI=1S/C13H17N5.C9H8ClF3N2O.C2H6.CH4/c14-8-11-13(16-10-4-5-10)17-12(9-15-11)18-6-2-1-3-7-18;1-15(8(14)16)7-3-5(9(11,12)13)2-6(10)4-7;1-2;/h9-10H,1-7H2,(H,16,17);2-4H,1H3,(H2,14,16);1-2H3;1H4. The predicted molar refractivity (Wildman–Crippen MR) is 142 cm³/mol. The Morgan fingerprint density at radius 1 is 1.22 bits per heavy atom. The van der Waals surface area contributed by atoms with Gasteiger partial charge in [0.15, 0.2) is 11.5 Å².